The van der Waals surface area contributed by atoms with Crippen LogP contribution in [0.2, 0.25) is 0 Å². The fourth-order valence-corrected chi connectivity index (χ4v) is 4.54. The maximum atomic E-state index is 12.6. The molecule has 0 aromatic carbocycles. The van der Waals surface area contributed by atoms with Gasteiger partial charge in [-0.05, 0) is 38.0 Å². The Labute approximate surface area is 151 Å². The van der Waals surface area contributed by atoms with E-state index in [2.05, 4.69) is 25.5 Å². The lowest BCUT2D eigenvalue weighted by atomic mass is 10.0. The van der Waals surface area contributed by atoms with Crippen molar-refractivity contribution in [2.24, 2.45) is 11.8 Å². The third kappa shape index (κ3) is 11.4. The van der Waals surface area contributed by atoms with Crippen LogP contribution < -0.4 is 4.72 Å². The number of rotatable bonds is 15. The SMILES string of the molecule is CCCCCCCNS(=O)(=O)C(CCC(C)OCC(C)C)C(C)C. The molecular formula is C19H41NO3S. The summed E-state index contributed by atoms with van der Waals surface area (Å²) in [6.07, 6.45) is 7.21. The van der Waals surface area contributed by atoms with Gasteiger partial charge in [0.15, 0.2) is 0 Å². The van der Waals surface area contributed by atoms with Crippen LogP contribution in [0.1, 0.15) is 86.5 Å². The van der Waals surface area contributed by atoms with Gasteiger partial charge in [-0.15, -0.1) is 0 Å². The third-order valence-electron chi connectivity index (χ3n) is 4.30. The Morgan fingerprint density at radius 1 is 0.917 bits per heavy atom. The summed E-state index contributed by atoms with van der Waals surface area (Å²) in [5, 5.41) is -0.335. The fourth-order valence-electron chi connectivity index (χ4n) is 2.74. The van der Waals surface area contributed by atoms with Crippen LogP contribution in [-0.4, -0.2) is 32.9 Å². The summed E-state index contributed by atoms with van der Waals surface area (Å²) in [4.78, 5) is 0. The molecule has 0 aliphatic heterocycles. The predicted molar refractivity (Wildman–Crippen MR) is 104 cm³/mol. The monoisotopic (exact) mass is 363 g/mol. The standard InChI is InChI=1S/C19H41NO3S/c1-7-8-9-10-11-14-20-24(21,22)19(17(4)5)13-12-18(6)23-15-16(2)3/h16-20H,7-15H2,1-6H3. The Morgan fingerprint density at radius 3 is 2.08 bits per heavy atom. The first-order valence-electron chi connectivity index (χ1n) is 9.80. The highest BCUT2D eigenvalue weighted by Gasteiger charge is 2.28. The lowest BCUT2D eigenvalue weighted by Crippen LogP contribution is -2.38. The van der Waals surface area contributed by atoms with Gasteiger partial charge in [-0.3, -0.25) is 0 Å². The Morgan fingerprint density at radius 2 is 1.54 bits per heavy atom. The molecule has 0 aromatic rings. The van der Waals surface area contributed by atoms with E-state index >= 15 is 0 Å². The molecule has 5 heteroatoms. The minimum absolute atomic E-state index is 0.109. The van der Waals surface area contributed by atoms with E-state index < -0.39 is 10.0 Å². The van der Waals surface area contributed by atoms with Crippen LogP contribution in [0.3, 0.4) is 0 Å². The first-order valence-corrected chi connectivity index (χ1v) is 11.3. The molecular weight excluding hydrogens is 322 g/mol. The minimum Gasteiger partial charge on any atom is -0.378 e. The van der Waals surface area contributed by atoms with Gasteiger partial charge in [0.05, 0.1) is 11.4 Å². The average Bonchev–Trinajstić information content (AvgIpc) is 2.48. The summed E-state index contributed by atoms with van der Waals surface area (Å²) in [5.41, 5.74) is 0. The minimum atomic E-state index is -3.25. The molecule has 2 unspecified atom stereocenters. The zero-order chi connectivity index (χ0) is 18.6. The summed E-state index contributed by atoms with van der Waals surface area (Å²) < 4.78 is 33.8. The Balaban J connectivity index is 4.30. The van der Waals surface area contributed by atoms with Crippen molar-refractivity contribution in [3.63, 3.8) is 0 Å². The molecule has 1 N–H and O–H groups in total. The van der Waals surface area contributed by atoms with Crippen molar-refractivity contribution in [3.05, 3.63) is 0 Å². The summed E-state index contributed by atoms with van der Waals surface area (Å²) in [7, 11) is -3.25. The summed E-state index contributed by atoms with van der Waals surface area (Å²) in [6.45, 7) is 13.7. The molecule has 2 atom stereocenters. The maximum absolute atomic E-state index is 12.6. The molecule has 146 valence electrons. The van der Waals surface area contributed by atoms with Crippen molar-refractivity contribution in [2.45, 2.75) is 97.8 Å². The van der Waals surface area contributed by atoms with Gasteiger partial charge < -0.3 is 4.74 Å². The molecule has 0 bridgehead atoms. The Hall–Kier alpha value is -0.130. The van der Waals surface area contributed by atoms with Crippen LogP contribution >= 0.6 is 0 Å². The van der Waals surface area contributed by atoms with Crippen LogP contribution in [0.15, 0.2) is 0 Å². The topological polar surface area (TPSA) is 55.4 Å². The van der Waals surface area contributed by atoms with Crippen molar-refractivity contribution < 1.29 is 13.2 Å². The number of sulfonamides is 1. The highest BCUT2D eigenvalue weighted by molar-refractivity contribution is 7.90. The van der Waals surface area contributed by atoms with E-state index in [-0.39, 0.29) is 17.3 Å². The Kier molecular flexibility index (Phi) is 13.1. The highest BCUT2D eigenvalue weighted by Crippen LogP contribution is 2.19. The summed E-state index contributed by atoms with van der Waals surface area (Å²) >= 11 is 0. The van der Waals surface area contributed by atoms with Gasteiger partial charge in [0.25, 0.3) is 0 Å². The molecule has 0 saturated heterocycles. The van der Waals surface area contributed by atoms with Crippen molar-refractivity contribution in [2.75, 3.05) is 13.2 Å². The van der Waals surface area contributed by atoms with Crippen molar-refractivity contribution >= 4 is 10.0 Å². The number of nitrogens with one attached hydrogen (secondary N) is 1. The first-order chi connectivity index (χ1) is 11.2. The second-order valence-corrected chi connectivity index (χ2v) is 9.74. The maximum Gasteiger partial charge on any atom is 0.214 e. The van der Waals surface area contributed by atoms with Gasteiger partial charge in [-0.25, -0.2) is 13.1 Å². The van der Waals surface area contributed by atoms with Gasteiger partial charge >= 0.3 is 0 Å². The van der Waals surface area contributed by atoms with Crippen LogP contribution in [0, 0.1) is 11.8 Å². The van der Waals surface area contributed by atoms with Crippen LogP contribution in [0.25, 0.3) is 0 Å². The first kappa shape index (κ1) is 23.9. The quantitative estimate of drug-likeness (QED) is 0.427. The van der Waals surface area contributed by atoms with Crippen molar-refractivity contribution in [1.82, 2.24) is 4.72 Å². The van der Waals surface area contributed by atoms with Crippen molar-refractivity contribution in [3.8, 4) is 0 Å². The molecule has 0 spiro atoms. The molecule has 0 saturated carbocycles. The molecule has 0 fully saturated rings. The van der Waals surface area contributed by atoms with E-state index in [0.717, 1.165) is 25.9 Å². The van der Waals surface area contributed by atoms with E-state index in [1.54, 1.807) is 0 Å². The second kappa shape index (κ2) is 13.1. The molecule has 0 amide bonds. The van der Waals surface area contributed by atoms with Crippen LogP contribution in [0.4, 0.5) is 0 Å². The number of unbranched alkanes of at least 4 members (excludes halogenated alkanes) is 4. The van der Waals surface area contributed by atoms with Crippen LogP contribution in [-0.2, 0) is 14.8 Å². The van der Waals surface area contributed by atoms with Gasteiger partial charge in [0.2, 0.25) is 10.0 Å². The average molecular weight is 364 g/mol. The number of hydrogen-bond donors (Lipinski definition) is 1. The van der Waals surface area contributed by atoms with Gasteiger partial charge in [0, 0.05) is 13.2 Å². The lowest BCUT2D eigenvalue weighted by Gasteiger charge is -2.23. The smallest absolute Gasteiger partial charge is 0.214 e. The molecule has 0 radical (unpaired) electrons. The second-order valence-electron chi connectivity index (χ2n) is 7.75. The normalized spacial score (nSPS) is 15.2. The van der Waals surface area contributed by atoms with Gasteiger partial charge in [0.1, 0.15) is 0 Å². The molecule has 0 aliphatic rings. The van der Waals surface area contributed by atoms with E-state index in [0.29, 0.717) is 18.9 Å². The molecule has 0 rings (SSSR count). The van der Waals surface area contributed by atoms with Gasteiger partial charge in [-0.1, -0.05) is 60.3 Å². The number of hydrogen-bond acceptors (Lipinski definition) is 3. The zero-order valence-corrected chi connectivity index (χ0v) is 17.6. The molecule has 0 aromatic heterocycles. The zero-order valence-electron chi connectivity index (χ0n) is 16.8. The van der Waals surface area contributed by atoms with E-state index in [4.69, 9.17) is 4.74 Å². The third-order valence-corrected chi connectivity index (χ3v) is 6.48. The molecule has 0 aliphatic carbocycles. The molecule has 0 heterocycles. The molecule has 24 heavy (non-hydrogen) atoms. The van der Waals surface area contributed by atoms with E-state index in [9.17, 15) is 8.42 Å². The van der Waals surface area contributed by atoms with E-state index in [1.807, 2.05) is 20.8 Å². The van der Waals surface area contributed by atoms with Crippen LogP contribution in [0.5, 0.6) is 0 Å². The summed E-state index contributed by atoms with van der Waals surface area (Å²) in [5.74, 6) is 0.617. The molecule has 4 nitrogen and oxygen atoms in total. The highest BCUT2D eigenvalue weighted by atomic mass is 32.2. The predicted octanol–water partition coefficient (Wildman–Crippen LogP) is 4.74. The lowest BCUT2D eigenvalue weighted by molar-refractivity contribution is 0.0407. The Bertz CT molecular complexity index is 393. The van der Waals surface area contributed by atoms with Gasteiger partial charge in [-0.2, -0.15) is 0 Å². The number of ether oxygens (including phenoxy) is 1. The van der Waals surface area contributed by atoms with E-state index in [1.165, 1.54) is 19.3 Å². The fraction of sp³-hybridized carbons (Fsp3) is 1.00. The largest absolute Gasteiger partial charge is 0.378 e. The van der Waals surface area contributed by atoms with Crippen molar-refractivity contribution in [1.29, 1.82) is 0 Å². The summed E-state index contributed by atoms with van der Waals surface area (Å²) in [6, 6.07) is 0.